The summed E-state index contributed by atoms with van der Waals surface area (Å²) in [6.07, 6.45) is 7.27. The molecular formula is C29H41ClN6O. The van der Waals surface area contributed by atoms with Crippen molar-refractivity contribution in [1.29, 1.82) is 0 Å². The molecule has 37 heavy (non-hydrogen) atoms. The number of aryl methyl sites for hydroxylation is 1. The van der Waals surface area contributed by atoms with Crippen LogP contribution < -0.4 is 11.0 Å². The van der Waals surface area contributed by atoms with Gasteiger partial charge in [-0.1, -0.05) is 42.0 Å². The van der Waals surface area contributed by atoms with Gasteiger partial charge < -0.3 is 10.2 Å². The van der Waals surface area contributed by atoms with Crippen LogP contribution in [-0.2, 0) is 6.54 Å². The van der Waals surface area contributed by atoms with E-state index in [-0.39, 0.29) is 18.1 Å². The lowest BCUT2D eigenvalue weighted by Crippen LogP contribution is -2.35. The fraction of sp³-hybridized carbons (Fsp3) is 0.448. The van der Waals surface area contributed by atoms with E-state index in [0.29, 0.717) is 12.5 Å². The standard InChI is InChI=1S/C29H40N6O.ClH/c1-24(21-26-7-5-4-6-8-26)22-33-17-13-25(14-18-33)15-19-35-29(36)34(23-31-35)28-11-9-27(10-12-28)30-16-20-32(2)3;/h4-12,21,23,25,30H,13-20,22H2,1-3H3;1H/b24-21+;. The zero-order chi connectivity index (χ0) is 25.3. The maximum atomic E-state index is 12.9. The third-order valence-corrected chi connectivity index (χ3v) is 6.91. The largest absolute Gasteiger partial charge is 0.384 e. The van der Waals surface area contributed by atoms with Crippen molar-refractivity contribution in [1.82, 2.24) is 24.1 Å². The fourth-order valence-electron chi connectivity index (χ4n) is 4.80. The Morgan fingerprint density at radius 3 is 2.46 bits per heavy atom. The molecule has 1 fully saturated rings. The molecule has 4 rings (SSSR count). The number of nitrogens with one attached hydrogen (secondary N) is 1. The number of hydrogen-bond acceptors (Lipinski definition) is 5. The smallest absolute Gasteiger partial charge is 0.350 e. The number of rotatable bonds is 11. The molecule has 0 saturated carbocycles. The summed E-state index contributed by atoms with van der Waals surface area (Å²) < 4.78 is 3.25. The number of piperidine rings is 1. The monoisotopic (exact) mass is 524 g/mol. The maximum absolute atomic E-state index is 12.9. The van der Waals surface area contributed by atoms with Crippen LogP contribution >= 0.6 is 12.4 Å². The van der Waals surface area contributed by atoms with Crippen LogP contribution in [0.5, 0.6) is 0 Å². The van der Waals surface area contributed by atoms with Crippen molar-refractivity contribution in [3.8, 4) is 5.69 Å². The quantitative estimate of drug-likeness (QED) is 0.396. The Bertz CT molecular complexity index is 1160. The highest BCUT2D eigenvalue weighted by Gasteiger charge is 2.20. The van der Waals surface area contributed by atoms with Crippen molar-refractivity contribution in [3.63, 3.8) is 0 Å². The van der Waals surface area contributed by atoms with Crippen LogP contribution in [-0.4, -0.2) is 71.0 Å². The lowest BCUT2D eigenvalue weighted by atomic mass is 9.93. The number of benzene rings is 2. The van der Waals surface area contributed by atoms with Gasteiger partial charge >= 0.3 is 5.69 Å². The first kappa shape index (κ1) is 28.7. The van der Waals surface area contributed by atoms with Gasteiger partial charge in [-0.3, -0.25) is 4.90 Å². The highest BCUT2D eigenvalue weighted by molar-refractivity contribution is 5.85. The molecule has 2 aromatic carbocycles. The van der Waals surface area contributed by atoms with Crippen molar-refractivity contribution in [2.24, 2.45) is 5.92 Å². The molecule has 1 N–H and O–H groups in total. The summed E-state index contributed by atoms with van der Waals surface area (Å²) in [7, 11) is 4.12. The molecule has 1 saturated heterocycles. The summed E-state index contributed by atoms with van der Waals surface area (Å²) in [5, 5.41) is 7.79. The number of likely N-dealkylation sites (tertiary alicyclic amines) is 1. The van der Waals surface area contributed by atoms with Crippen molar-refractivity contribution in [2.75, 3.05) is 52.1 Å². The van der Waals surface area contributed by atoms with Crippen LogP contribution in [0.15, 0.2) is 71.3 Å². The first-order valence-electron chi connectivity index (χ1n) is 13.1. The van der Waals surface area contributed by atoms with Crippen LogP contribution in [0, 0.1) is 5.92 Å². The first-order chi connectivity index (χ1) is 17.5. The highest BCUT2D eigenvalue weighted by Crippen LogP contribution is 2.22. The van der Waals surface area contributed by atoms with Gasteiger partial charge in [0.2, 0.25) is 0 Å². The van der Waals surface area contributed by atoms with Crippen LogP contribution in [0.1, 0.15) is 31.7 Å². The molecule has 3 aromatic rings. The van der Waals surface area contributed by atoms with E-state index in [0.717, 1.165) is 50.5 Å². The Labute approximate surface area is 227 Å². The van der Waals surface area contributed by atoms with Crippen LogP contribution in [0.25, 0.3) is 11.8 Å². The van der Waals surface area contributed by atoms with Gasteiger partial charge in [0.05, 0.1) is 5.69 Å². The zero-order valence-corrected chi connectivity index (χ0v) is 23.2. The molecule has 0 aliphatic carbocycles. The van der Waals surface area contributed by atoms with Gasteiger partial charge in [0, 0.05) is 31.9 Å². The van der Waals surface area contributed by atoms with Crippen molar-refractivity contribution >= 4 is 24.2 Å². The Morgan fingerprint density at radius 1 is 1.08 bits per heavy atom. The third kappa shape index (κ3) is 8.59. The van der Waals surface area contributed by atoms with Crippen LogP contribution in [0.3, 0.4) is 0 Å². The number of nitrogens with zero attached hydrogens (tertiary/aromatic N) is 5. The van der Waals surface area contributed by atoms with Crippen molar-refractivity contribution < 1.29 is 0 Å². The number of aromatic nitrogens is 3. The molecule has 2 heterocycles. The van der Waals surface area contributed by atoms with Crippen molar-refractivity contribution in [3.05, 3.63) is 82.5 Å². The number of halogens is 1. The molecule has 0 unspecified atom stereocenters. The maximum Gasteiger partial charge on any atom is 0.350 e. The second kappa shape index (κ2) is 14.2. The summed E-state index contributed by atoms with van der Waals surface area (Å²) in [6.45, 7) is 8.00. The molecular weight excluding hydrogens is 484 g/mol. The van der Waals surface area contributed by atoms with E-state index in [1.54, 1.807) is 15.6 Å². The lowest BCUT2D eigenvalue weighted by Gasteiger charge is -2.32. The Balaban J connectivity index is 0.00000380. The average Bonchev–Trinajstić information content (AvgIpc) is 3.24. The Kier molecular flexibility index (Phi) is 11.0. The number of anilines is 1. The molecule has 1 aliphatic rings. The van der Waals surface area contributed by atoms with E-state index in [4.69, 9.17) is 0 Å². The normalized spacial score (nSPS) is 15.1. The summed E-state index contributed by atoms with van der Waals surface area (Å²) >= 11 is 0. The molecule has 0 radical (unpaired) electrons. The molecule has 1 aromatic heterocycles. The number of likely N-dealkylation sites (N-methyl/N-ethyl adjacent to an activating group) is 1. The molecule has 8 heteroatoms. The van der Waals surface area contributed by atoms with E-state index in [2.05, 4.69) is 77.6 Å². The van der Waals surface area contributed by atoms with Gasteiger partial charge in [-0.05, 0) is 89.1 Å². The molecule has 0 spiro atoms. The van der Waals surface area contributed by atoms with E-state index in [9.17, 15) is 4.79 Å². The van der Waals surface area contributed by atoms with E-state index >= 15 is 0 Å². The molecule has 0 atom stereocenters. The molecule has 0 amide bonds. The first-order valence-corrected chi connectivity index (χ1v) is 13.1. The molecule has 7 nitrogen and oxygen atoms in total. The van der Waals surface area contributed by atoms with Gasteiger partial charge in [-0.15, -0.1) is 12.4 Å². The third-order valence-electron chi connectivity index (χ3n) is 6.91. The van der Waals surface area contributed by atoms with E-state index < -0.39 is 0 Å². The van der Waals surface area contributed by atoms with Gasteiger partial charge in [0.25, 0.3) is 0 Å². The van der Waals surface area contributed by atoms with Crippen LogP contribution in [0.4, 0.5) is 5.69 Å². The minimum Gasteiger partial charge on any atom is -0.384 e. The predicted molar refractivity (Wildman–Crippen MR) is 156 cm³/mol. The minimum absolute atomic E-state index is 0. The highest BCUT2D eigenvalue weighted by atomic mass is 35.5. The minimum atomic E-state index is -0.0672. The summed E-state index contributed by atoms with van der Waals surface area (Å²) in [5.41, 5.74) is 4.49. The fourth-order valence-corrected chi connectivity index (χ4v) is 4.80. The van der Waals surface area contributed by atoms with E-state index in [1.165, 1.54) is 24.0 Å². The van der Waals surface area contributed by atoms with E-state index in [1.807, 2.05) is 24.3 Å². The molecule has 0 bridgehead atoms. The summed E-state index contributed by atoms with van der Waals surface area (Å²) in [5.74, 6) is 0.643. The van der Waals surface area contributed by atoms with Crippen LogP contribution in [0.2, 0.25) is 0 Å². The Hall–Kier alpha value is -2.87. The SMILES string of the molecule is C/C(=C\c1ccccc1)CN1CCC(CCn2ncn(-c3ccc(NCCN(C)C)cc3)c2=O)CC1.Cl. The number of hydrogen-bond donors (Lipinski definition) is 1. The van der Waals surface area contributed by atoms with Gasteiger partial charge in [0.15, 0.2) is 0 Å². The summed E-state index contributed by atoms with van der Waals surface area (Å²) in [4.78, 5) is 17.6. The molecule has 200 valence electrons. The van der Waals surface area contributed by atoms with Gasteiger partial charge in [-0.25, -0.2) is 14.0 Å². The van der Waals surface area contributed by atoms with Gasteiger partial charge in [-0.2, -0.15) is 5.10 Å². The second-order valence-electron chi connectivity index (χ2n) is 10.2. The predicted octanol–water partition coefficient (Wildman–Crippen LogP) is 4.63. The lowest BCUT2D eigenvalue weighted by molar-refractivity contribution is 0.186. The molecule has 1 aliphatic heterocycles. The second-order valence-corrected chi connectivity index (χ2v) is 10.2. The van der Waals surface area contributed by atoms with Crippen molar-refractivity contribution in [2.45, 2.75) is 32.7 Å². The summed E-state index contributed by atoms with van der Waals surface area (Å²) in [6, 6.07) is 18.5. The topological polar surface area (TPSA) is 58.3 Å². The average molecular weight is 525 g/mol. The van der Waals surface area contributed by atoms with Gasteiger partial charge in [0.1, 0.15) is 6.33 Å². The zero-order valence-electron chi connectivity index (χ0n) is 22.3. The Morgan fingerprint density at radius 2 is 1.78 bits per heavy atom.